The van der Waals surface area contributed by atoms with Crippen molar-refractivity contribution >= 4 is 56.8 Å². The number of halogens is 3. The minimum absolute atomic E-state index is 0.388. The van der Waals surface area contributed by atoms with E-state index in [0.717, 1.165) is 0 Å². The molecule has 0 aliphatic carbocycles. The van der Waals surface area contributed by atoms with Gasteiger partial charge in [0.05, 0.1) is 0 Å². The second-order valence-corrected chi connectivity index (χ2v) is 4.81. The quantitative estimate of drug-likeness (QED) is 0.588. The normalized spacial score (nSPS) is 11.2. The van der Waals surface area contributed by atoms with E-state index in [1.807, 2.05) is 0 Å². The summed E-state index contributed by atoms with van der Waals surface area (Å²) in [4.78, 5) is 20.9. The first-order valence-corrected chi connectivity index (χ1v) is 4.08. The molecular weight excluding hydrogens is 218 g/mol. The molecule has 0 N–H and O–H groups in total. The molecule has 0 aromatic heterocycles. The third kappa shape index (κ3) is 4.39. The zero-order valence-electron chi connectivity index (χ0n) is 4.86. The molecule has 0 aliphatic heterocycles. The van der Waals surface area contributed by atoms with Gasteiger partial charge in [-0.3, -0.25) is 9.59 Å². The standard InChI is InChI=1S/C4H3Cl3O2S/c1-2(8)10-3(9)4(5,6)7/h1H3. The third-order valence-electron chi connectivity index (χ3n) is 0.468. The van der Waals surface area contributed by atoms with Crippen LogP contribution in [-0.4, -0.2) is 14.0 Å². The highest BCUT2D eigenvalue weighted by Crippen LogP contribution is 2.31. The van der Waals surface area contributed by atoms with E-state index in [4.69, 9.17) is 34.8 Å². The highest BCUT2D eigenvalue weighted by Gasteiger charge is 2.31. The second kappa shape index (κ2) is 3.81. The minimum atomic E-state index is -1.99. The highest BCUT2D eigenvalue weighted by molar-refractivity contribution is 8.26. The van der Waals surface area contributed by atoms with Gasteiger partial charge in [0.1, 0.15) is 0 Å². The molecule has 0 heterocycles. The van der Waals surface area contributed by atoms with Crippen molar-refractivity contribution in [1.29, 1.82) is 0 Å². The summed E-state index contributed by atoms with van der Waals surface area (Å²) < 4.78 is -1.99. The lowest BCUT2D eigenvalue weighted by atomic mass is 10.9. The van der Waals surface area contributed by atoms with Gasteiger partial charge in [-0.05, 0) is 11.8 Å². The molecule has 6 heteroatoms. The van der Waals surface area contributed by atoms with Gasteiger partial charge >= 0.3 is 0 Å². The first-order chi connectivity index (χ1) is 4.34. The fraction of sp³-hybridized carbons (Fsp3) is 0.500. The summed E-state index contributed by atoms with van der Waals surface area (Å²) in [7, 11) is 0. The number of thioether (sulfide) groups is 1. The lowest BCUT2D eigenvalue weighted by Crippen LogP contribution is -2.15. The zero-order valence-corrected chi connectivity index (χ0v) is 7.94. The molecule has 0 radical (unpaired) electrons. The van der Waals surface area contributed by atoms with Crippen LogP contribution in [0.2, 0.25) is 0 Å². The Labute approximate surface area is 77.2 Å². The van der Waals surface area contributed by atoms with Gasteiger partial charge in [0.15, 0.2) is 5.12 Å². The van der Waals surface area contributed by atoms with Crippen LogP contribution in [-0.2, 0) is 9.59 Å². The molecule has 0 aromatic carbocycles. The summed E-state index contributed by atoms with van der Waals surface area (Å²) in [6.07, 6.45) is 0. The molecule has 58 valence electrons. The molecule has 2 nitrogen and oxygen atoms in total. The number of hydrogen-bond acceptors (Lipinski definition) is 3. The Morgan fingerprint density at radius 2 is 1.70 bits per heavy atom. The Morgan fingerprint density at radius 3 is 1.80 bits per heavy atom. The Hall–Kier alpha value is 0.560. The first-order valence-electron chi connectivity index (χ1n) is 2.13. The summed E-state index contributed by atoms with van der Waals surface area (Å²) in [6, 6.07) is 0. The van der Waals surface area contributed by atoms with E-state index >= 15 is 0 Å². The molecule has 0 fully saturated rings. The Balaban J connectivity index is 3.99. The maximum Gasteiger partial charge on any atom is 0.259 e. The van der Waals surface area contributed by atoms with Crippen LogP contribution in [0.1, 0.15) is 6.92 Å². The van der Waals surface area contributed by atoms with Gasteiger partial charge in [0.25, 0.3) is 3.79 Å². The van der Waals surface area contributed by atoms with Gasteiger partial charge in [-0.15, -0.1) is 0 Å². The van der Waals surface area contributed by atoms with Crippen LogP contribution in [0.4, 0.5) is 0 Å². The van der Waals surface area contributed by atoms with Gasteiger partial charge in [-0.2, -0.15) is 0 Å². The fourth-order valence-corrected chi connectivity index (χ4v) is 0.912. The smallest absolute Gasteiger partial charge is 0.259 e. The average Bonchev–Trinajstić information content (AvgIpc) is 1.60. The summed E-state index contributed by atoms with van der Waals surface area (Å²) in [6.45, 7) is 1.22. The number of hydrogen-bond donors (Lipinski definition) is 0. The van der Waals surface area contributed by atoms with Crippen molar-refractivity contribution in [3.63, 3.8) is 0 Å². The van der Waals surface area contributed by atoms with Crippen LogP contribution < -0.4 is 0 Å². The van der Waals surface area contributed by atoms with Crippen LogP contribution in [0.5, 0.6) is 0 Å². The lowest BCUT2D eigenvalue weighted by Gasteiger charge is -2.05. The number of rotatable bonds is 0. The van der Waals surface area contributed by atoms with Gasteiger partial charge in [-0.25, -0.2) is 0 Å². The Kier molecular flexibility index (Phi) is 4.02. The molecule has 0 bridgehead atoms. The average molecular weight is 221 g/mol. The van der Waals surface area contributed by atoms with E-state index in [9.17, 15) is 9.59 Å². The van der Waals surface area contributed by atoms with Gasteiger partial charge in [-0.1, -0.05) is 34.8 Å². The van der Waals surface area contributed by atoms with Crippen LogP contribution in [0.25, 0.3) is 0 Å². The molecule has 0 spiro atoms. The molecule has 10 heavy (non-hydrogen) atoms. The zero-order chi connectivity index (χ0) is 8.36. The lowest BCUT2D eigenvalue weighted by molar-refractivity contribution is -0.111. The molecule has 0 saturated heterocycles. The van der Waals surface area contributed by atoms with E-state index in [-0.39, 0.29) is 0 Å². The van der Waals surface area contributed by atoms with Crippen LogP contribution in [0.15, 0.2) is 0 Å². The first kappa shape index (κ1) is 10.6. The number of alkyl halides is 3. The number of carbonyl (C=O) groups excluding carboxylic acids is 2. The minimum Gasteiger partial charge on any atom is -0.287 e. The molecule has 0 rings (SSSR count). The third-order valence-corrected chi connectivity index (χ3v) is 2.10. The Morgan fingerprint density at radius 1 is 1.30 bits per heavy atom. The summed E-state index contributed by atoms with van der Waals surface area (Å²) in [5.41, 5.74) is 0. The summed E-state index contributed by atoms with van der Waals surface area (Å²) >= 11 is 15.8. The molecule has 0 atom stereocenters. The maximum atomic E-state index is 10.6. The maximum absolute atomic E-state index is 10.6. The van der Waals surface area contributed by atoms with Crippen molar-refractivity contribution in [2.24, 2.45) is 0 Å². The van der Waals surface area contributed by atoms with E-state index < -0.39 is 14.0 Å². The van der Waals surface area contributed by atoms with E-state index in [2.05, 4.69) is 0 Å². The van der Waals surface area contributed by atoms with Crippen molar-refractivity contribution < 1.29 is 9.59 Å². The molecule has 0 aromatic rings. The monoisotopic (exact) mass is 220 g/mol. The van der Waals surface area contributed by atoms with Crippen molar-refractivity contribution in [1.82, 2.24) is 0 Å². The Bertz CT molecular complexity index is 162. The van der Waals surface area contributed by atoms with E-state index in [0.29, 0.717) is 11.8 Å². The van der Waals surface area contributed by atoms with Gasteiger partial charge < -0.3 is 0 Å². The molecule has 0 amide bonds. The SMILES string of the molecule is CC(=O)SC(=O)C(Cl)(Cl)Cl. The van der Waals surface area contributed by atoms with Crippen LogP contribution in [0, 0.1) is 0 Å². The van der Waals surface area contributed by atoms with Crippen molar-refractivity contribution in [2.75, 3.05) is 0 Å². The van der Waals surface area contributed by atoms with Crippen LogP contribution in [0.3, 0.4) is 0 Å². The van der Waals surface area contributed by atoms with E-state index in [1.54, 1.807) is 0 Å². The summed E-state index contributed by atoms with van der Waals surface area (Å²) in [5, 5.41) is -1.17. The molecule has 0 unspecified atom stereocenters. The van der Waals surface area contributed by atoms with Crippen molar-refractivity contribution in [2.45, 2.75) is 10.7 Å². The topological polar surface area (TPSA) is 34.1 Å². The molecule has 0 saturated carbocycles. The second-order valence-electron chi connectivity index (χ2n) is 1.38. The predicted octanol–water partition coefficient (Wildman–Crippen LogP) is 2.16. The van der Waals surface area contributed by atoms with Gasteiger partial charge in [0, 0.05) is 6.92 Å². The molecular formula is C4H3Cl3O2S. The van der Waals surface area contributed by atoms with Crippen molar-refractivity contribution in [3.05, 3.63) is 0 Å². The predicted molar refractivity (Wildman–Crippen MR) is 43.6 cm³/mol. The largest absolute Gasteiger partial charge is 0.287 e. The van der Waals surface area contributed by atoms with Gasteiger partial charge in [0.2, 0.25) is 5.12 Å². The van der Waals surface area contributed by atoms with E-state index in [1.165, 1.54) is 6.92 Å². The number of carbonyl (C=O) groups is 2. The fourth-order valence-electron chi connectivity index (χ4n) is 0.188. The van der Waals surface area contributed by atoms with Crippen molar-refractivity contribution in [3.8, 4) is 0 Å². The summed E-state index contributed by atoms with van der Waals surface area (Å²) in [5.74, 6) is 0. The molecule has 0 aliphatic rings. The highest BCUT2D eigenvalue weighted by atomic mass is 35.6. The van der Waals surface area contributed by atoms with Crippen LogP contribution >= 0.6 is 46.6 Å².